The molecule has 5 heteroatoms. The number of nitro groups is 1. The summed E-state index contributed by atoms with van der Waals surface area (Å²) in [4.78, 5) is 22.2. The first-order valence-corrected chi connectivity index (χ1v) is 6.04. The first kappa shape index (κ1) is 12.7. The minimum atomic E-state index is -1.28. The summed E-state index contributed by atoms with van der Waals surface area (Å²) in [5.74, 6) is -0.322. The van der Waals surface area contributed by atoms with Crippen LogP contribution in [-0.2, 0) is 0 Å². The highest BCUT2D eigenvalue weighted by molar-refractivity contribution is 6.02. The van der Waals surface area contributed by atoms with Gasteiger partial charge in [0, 0.05) is 17.7 Å². The summed E-state index contributed by atoms with van der Waals surface area (Å²) in [6.45, 7) is 0. The van der Waals surface area contributed by atoms with E-state index in [9.17, 15) is 20.0 Å². The van der Waals surface area contributed by atoms with Crippen LogP contribution in [0.15, 0.2) is 24.3 Å². The second-order valence-electron chi connectivity index (χ2n) is 4.73. The molecule has 0 heterocycles. The highest BCUT2D eigenvalue weighted by Crippen LogP contribution is 2.31. The monoisotopic (exact) mass is 249 g/mol. The highest BCUT2D eigenvalue weighted by Gasteiger charge is 2.37. The van der Waals surface area contributed by atoms with Crippen LogP contribution < -0.4 is 0 Å². The van der Waals surface area contributed by atoms with Crippen molar-refractivity contribution in [3.05, 3.63) is 39.9 Å². The first-order chi connectivity index (χ1) is 8.53. The molecular formula is C13H15NO4. The summed E-state index contributed by atoms with van der Waals surface area (Å²) in [5, 5.41) is 20.8. The molecule has 18 heavy (non-hydrogen) atoms. The molecule has 96 valence electrons. The van der Waals surface area contributed by atoms with Crippen LogP contribution in [0.4, 0.5) is 5.69 Å². The Kier molecular flexibility index (Phi) is 3.43. The van der Waals surface area contributed by atoms with Crippen molar-refractivity contribution in [1.82, 2.24) is 0 Å². The Morgan fingerprint density at radius 1 is 1.17 bits per heavy atom. The van der Waals surface area contributed by atoms with Crippen molar-refractivity contribution >= 4 is 11.5 Å². The van der Waals surface area contributed by atoms with Crippen LogP contribution in [0, 0.1) is 10.1 Å². The third-order valence-corrected chi connectivity index (χ3v) is 3.44. The largest absolute Gasteiger partial charge is 0.382 e. The van der Waals surface area contributed by atoms with Crippen LogP contribution in [0.1, 0.15) is 42.5 Å². The maximum absolute atomic E-state index is 12.2. The zero-order valence-electron chi connectivity index (χ0n) is 9.96. The lowest BCUT2D eigenvalue weighted by Gasteiger charge is -2.30. The average molecular weight is 249 g/mol. The number of aliphatic hydroxyl groups is 1. The Bertz CT molecular complexity index is 460. The number of rotatable bonds is 3. The Morgan fingerprint density at radius 3 is 2.22 bits per heavy atom. The van der Waals surface area contributed by atoms with Gasteiger partial charge in [-0.05, 0) is 25.0 Å². The first-order valence-electron chi connectivity index (χ1n) is 6.04. The highest BCUT2D eigenvalue weighted by atomic mass is 16.6. The van der Waals surface area contributed by atoms with E-state index in [4.69, 9.17) is 0 Å². The fraction of sp³-hybridized carbons (Fsp3) is 0.462. The lowest BCUT2D eigenvalue weighted by molar-refractivity contribution is -0.384. The Hall–Kier alpha value is -1.75. The van der Waals surface area contributed by atoms with Gasteiger partial charge in [-0.15, -0.1) is 0 Å². The number of hydrogen-bond donors (Lipinski definition) is 1. The SMILES string of the molecule is O=C(c1ccc([N+](=O)[O-])cc1)C1(O)CCCCC1. The minimum absolute atomic E-state index is 0.0535. The van der Waals surface area contributed by atoms with Gasteiger partial charge in [-0.1, -0.05) is 19.3 Å². The fourth-order valence-corrected chi connectivity index (χ4v) is 2.37. The standard InChI is InChI=1S/C13H15NO4/c15-12(13(16)8-2-1-3-9-13)10-4-6-11(7-5-10)14(17)18/h4-7,16H,1-3,8-9H2. The van der Waals surface area contributed by atoms with Gasteiger partial charge >= 0.3 is 0 Å². The Balaban J connectivity index is 2.20. The zero-order chi connectivity index (χ0) is 13.2. The molecule has 0 amide bonds. The van der Waals surface area contributed by atoms with Gasteiger partial charge in [-0.25, -0.2) is 0 Å². The number of carbonyl (C=O) groups is 1. The van der Waals surface area contributed by atoms with E-state index < -0.39 is 10.5 Å². The van der Waals surface area contributed by atoms with E-state index in [0.717, 1.165) is 19.3 Å². The van der Waals surface area contributed by atoms with Crippen molar-refractivity contribution in [2.45, 2.75) is 37.7 Å². The second kappa shape index (κ2) is 4.86. The van der Waals surface area contributed by atoms with E-state index >= 15 is 0 Å². The molecule has 1 aliphatic carbocycles. The van der Waals surface area contributed by atoms with Crippen LogP contribution in [0.2, 0.25) is 0 Å². The number of nitro benzene ring substituents is 1. The summed E-state index contributed by atoms with van der Waals surface area (Å²) in [6.07, 6.45) is 3.67. The van der Waals surface area contributed by atoms with Gasteiger partial charge in [-0.3, -0.25) is 14.9 Å². The van der Waals surface area contributed by atoms with Gasteiger partial charge in [0.2, 0.25) is 0 Å². The second-order valence-corrected chi connectivity index (χ2v) is 4.73. The summed E-state index contributed by atoms with van der Waals surface area (Å²) in [7, 11) is 0. The smallest absolute Gasteiger partial charge is 0.269 e. The van der Waals surface area contributed by atoms with E-state index in [1.165, 1.54) is 24.3 Å². The molecule has 1 fully saturated rings. The number of nitrogens with zero attached hydrogens (tertiary/aromatic N) is 1. The van der Waals surface area contributed by atoms with Crippen LogP contribution in [0.25, 0.3) is 0 Å². The normalized spacial score (nSPS) is 18.3. The Labute approximate surface area is 105 Å². The summed E-state index contributed by atoms with van der Waals surface area (Å²) in [5.41, 5.74) is -0.999. The molecule has 1 aliphatic rings. The molecule has 5 nitrogen and oxygen atoms in total. The Morgan fingerprint density at radius 2 is 1.72 bits per heavy atom. The number of benzene rings is 1. The van der Waals surface area contributed by atoms with E-state index in [1.807, 2.05) is 0 Å². The molecule has 0 aromatic heterocycles. The molecule has 1 N–H and O–H groups in total. The van der Waals surface area contributed by atoms with Gasteiger partial charge in [0.15, 0.2) is 5.78 Å². The van der Waals surface area contributed by atoms with Crippen molar-refractivity contribution < 1.29 is 14.8 Å². The quantitative estimate of drug-likeness (QED) is 0.507. The number of non-ortho nitro benzene ring substituents is 1. The van der Waals surface area contributed by atoms with Crippen molar-refractivity contribution in [1.29, 1.82) is 0 Å². The van der Waals surface area contributed by atoms with Crippen molar-refractivity contribution in [3.8, 4) is 0 Å². The summed E-state index contributed by atoms with van der Waals surface area (Å²) >= 11 is 0. The predicted octanol–water partition coefficient (Wildman–Crippen LogP) is 2.47. The number of carbonyl (C=O) groups excluding carboxylic acids is 1. The van der Waals surface area contributed by atoms with Crippen LogP contribution >= 0.6 is 0 Å². The van der Waals surface area contributed by atoms with Crippen LogP contribution in [0.3, 0.4) is 0 Å². The van der Waals surface area contributed by atoms with E-state index in [0.29, 0.717) is 18.4 Å². The molecular weight excluding hydrogens is 234 g/mol. The molecule has 0 unspecified atom stereocenters. The van der Waals surface area contributed by atoms with Gasteiger partial charge < -0.3 is 5.11 Å². The lowest BCUT2D eigenvalue weighted by Crippen LogP contribution is -2.40. The minimum Gasteiger partial charge on any atom is -0.382 e. The molecule has 0 bridgehead atoms. The topological polar surface area (TPSA) is 80.4 Å². The molecule has 1 aromatic rings. The van der Waals surface area contributed by atoms with Crippen LogP contribution in [0.5, 0.6) is 0 Å². The molecule has 1 aromatic carbocycles. The molecule has 0 spiro atoms. The van der Waals surface area contributed by atoms with Crippen molar-refractivity contribution in [2.75, 3.05) is 0 Å². The third-order valence-electron chi connectivity index (χ3n) is 3.44. The fourth-order valence-electron chi connectivity index (χ4n) is 2.37. The van der Waals surface area contributed by atoms with Gasteiger partial charge in [0.05, 0.1) is 4.92 Å². The molecule has 2 rings (SSSR count). The predicted molar refractivity (Wildman–Crippen MR) is 65.5 cm³/mol. The third kappa shape index (κ3) is 2.41. The van der Waals surface area contributed by atoms with Crippen LogP contribution in [-0.4, -0.2) is 21.4 Å². The number of ketones is 1. The summed E-state index contributed by atoms with van der Waals surface area (Å²) in [6, 6.07) is 5.40. The lowest BCUT2D eigenvalue weighted by atomic mass is 9.79. The van der Waals surface area contributed by atoms with E-state index in [-0.39, 0.29) is 11.5 Å². The van der Waals surface area contributed by atoms with E-state index in [1.54, 1.807) is 0 Å². The zero-order valence-corrected chi connectivity index (χ0v) is 9.96. The molecule has 0 aliphatic heterocycles. The van der Waals surface area contributed by atoms with Crippen molar-refractivity contribution in [3.63, 3.8) is 0 Å². The molecule has 0 atom stereocenters. The van der Waals surface area contributed by atoms with Gasteiger partial charge in [-0.2, -0.15) is 0 Å². The molecule has 0 saturated heterocycles. The van der Waals surface area contributed by atoms with Gasteiger partial charge in [0.1, 0.15) is 5.60 Å². The number of Topliss-reactive ketones (excluding diaryl/α,β-unsaturated/α-hetero) is 1. The van der Waals surface area contributed by atoms with E-state index in [2.05, 4.69) is 0 Å². The summed E-state index contributed by atoms with van der Waals surface area (Å²) < 4.78 is 0. The maximum atomic E-state index is 12.2. The average Bonchev–Trinajstić information content (AvgIpc) is 2.39. The molecule has 0 radical (unpaired) electrons. The molecule has 1 saturated carbocycles. The number of hydrogen-bond acceptors (Lipinski definition) is 4. The van der Waals surface area contributed by atoms with Gasteiger partial charge in [0.25, 0.3) is 5.69 Å². The maximum Gasteiger partial charge on any atom is 0.269 e. The van der Waals surface area contributed by atoms with Crippen molar-refractivity contribution in [2.24, 2.45) is 0 Å².